The molecule has 0 bridgehead atoms. The number of hydrogen-bond acceptors (Lipinski definition) is 12. The Balaban J connectivity index is -0.00000101. The Morgan fingerprint density at radius 2 is 0.561 bits per heavy atom. The van der Waals surface area contributed by atoms with E-state index in [0.29, 0.717) is 0 Å². The molecule has 0 aromatic rings. The maximum Gasteiger partial charge on any atom is 2.00 e. The van der Waals surface area contributed by atoms with Crippen LogP contribution in [0.3, 0.4) is 0 Å². The molecular formula is C44H78MgO12. The molecule has 0 aromatic heterocycles. The Morgan fingerprint density at radius 1 is 0.351 bits per heavy atom. The molecule has 0 rings (SSSR count). The predicted molar refractivity (Wildman–Crippen MR) is 219 cm³/mol. The van der Waals surface area contributed by atoms with Crippen LogP contribution in [0.15, 0.2) is 0 Å². The van der Waals surface area contributed by atoms with E-state index in [1.54, 1.807) is 0 Å². The summed E-state index contributed by atoms with van der Waals surface area (Å²) in [5.41, 5.74) is 0. The molecule has 57 heavy (non-hydrogen) atoms. The first kappa shape index (κ1) is 58.9. The van der Waals surface area contributed by atoms with E-state index in [-0.39, 0.29) is 35.9 Å². The summed E-state index contributed by atoms with van der Waals surface area (Å²) >= 11 is 0. The van der Waals surface area contributed by atoms with Gasteiger partial charge in [0.2, 0.25) is 0 Å². The number of carboxylic acids is 2. The van der Waals surface area contributed by atoms with Gasteiger partial charge >= 0.3 is 46.9 Å². The van der Waals surface area contributed by atoms with Crippen molar-refractivity contribution in [3.8, 4) is 0 Å². The minimum Gasteiger partial charge on any atom is -0.546 e. The van der Waals surface area contributed by atoms with Gasteiger partial charge in [0.15, 0.2) is 12.2 Å². The molecule has 0 aliphatic carbocycles. The average molecular weight is 823 g/mol. The Labute approximate surface area is 361 Å². The van der Waals surface area contributed by atoms with Gasteiger partial charge in [0.05, 0.1) is 11.9 Å². The van der Waals surface area contributed by atoms with Crippen LogP contribution in [0, 0.1) is 0 Å². The third-order valence-electron chi connectivity index (χ3n) is 9.50. The molecule has 4 atom stereocenters. The van der Waals surface area contributed by atoms with Crippen molar-refractivity contribution in [1.29, 1.82) is 0 Å². The second-order valence-electron chi connectivity index (χ2n) is 15.0. The minimum atomic E-state index is -1.49. The van der Waals surface area contributed by atoms with Crippen molar-refractivity contribution in [3.05, 3.63) is 0 Å². The molecule has 0 radical (unpaired) electrons. The number of unbranched alkanes of at least 4 members (excludes halogenated alkanes) is 24. The van der Waals surface area contributed by atoms with Crippen molar-refractivity contribution >= 4 is 58.9 Å². The SMILES string of the molecule is CCCCCCCCCCCCCCCC(=O)OC(C)C(=O)OC(C)C(=O)[O-].CCCCCCCCCCCCCCCC(=O)OC(C)C(=O)OC(C)C(=O)[O-].[Mg+2]. The maximum absolute atomic E-state index is 11.7. The molecule has 0 aromatic carbocycles. The van der Waals surface area contributed by atoms with Gasteiger partial charge in [0.1, 0.15) is 12.2 Å². The van der Waals surface area contributed by atoms with Gasteiger partial charge in [-0.15, -0.1) is 0 Å². The number of rotatable bonds is 36. The van der Waals surface area contributed by atoms with Crippen LogP contribution < -0.4 is 10.2 Å². The molecule has 0 heterocycles. The second-order valence-corrected chi connectivity index (χ2v) is 15.0. The summed E-state index contributed by atoms with van der Waals surface area (Å²) in [5, 5.41) is 21.1. The fourth-order valence-corrected chi connectivity index (χ4v) is 5.82. The molecule has 0 N–H and O–H groups in total. The monoisotopic (exact) mass is 823 g/mol. The molecule has 0 aliphatic heterocycles. The first-order valence-corrected chi connectivity index (χ1v) is 22.0. The Kier molecular flexibility index (Phi) is 43.1. The van der Waals surface area contributed by atoms with Gasteiger partial charge in [0, 0.05) is 12.8 Å². The van der Waals surface area contributed by atoms with E-state index >= 15 is 0 Å². The minimum absolute atomic E-state index is 0. The second kappa shape index (κ2) is 41.7. The number of esters is 4. The van der Waals surface area contributed by atoms with E-state index in [2.05, 4.69) is 23.3 Å². The van der Waals surface area contributed by atoms with Crippen LogP contribution in [0.25, 0.3) is 0 Å². The summed E-state index contributed by atoms with van der Waals surface area (Å²) in [6.07, 6.45) is 27.5. The van der Waals surface area contributed by atoms with Crippen LogP contribution in [0.2, 0.25) is 0 Å². The Bertz CT molecular complexity index is 957. The molecule has 12 nitrogen and oxygen atoms in total. The smallest absolute Gasteiger partial charge is 0.546 e. The molecule has 0 saturated heterocycles. The van der Waals surface area contributed by atoms with Gasteiger partial charge in [-0.1, -0.05) is 168 Å². The zero-order valence-electron chi connectivity index (χ0n) is 36.7. The van der Waals surface area contributed by atoms with Crippen molar-refractivity contribution in [2.75, 3.05) is 0 Å². The molecule has 0 spiro atoms. The fraction of sp³-hybridized carbons (Fsp3) is 0.864. The van der Waals surface area contributed by atoms with Crippen LogP contribution in [-0.2, 0) is 47.7 Å². The predicted octanol–water partition coefficient (Wildman–Crippen LogP) is 7.78. The molecule has 328 valence electrons. The summed E-state index contributed by atoms with van der Waals surface area (Å²) in [5.74, 6) is -5.66. The van der Waals surface area contributed by atoms with Crippen LogP contribution in [0.5, 0.6) is 0 Å². The quantitative estimate of drug-likeness (QED) is 0.0259. The van der Waals surface area contributed by atoms with Crippen molar-refractivity contribution < 1.29 is 57.9 Å². The number of aliphatic carboxylic acids is 2. The average Bonchev–Trinajstić information content (AvgIpc) is 3.15. The van der Waals surface area contributed by atoms with Crippen molar-refractivity contribution in [1.82, 2.24) is 0 Å². The van der Waals surface area contributed by atoms with Gasteiger partial charge in [-0.05, 0) is 40.5 Å². The zero-order chi connectivity index (χ0) is 42.4. The van der Waals surface area contributed by atoms with E-state index in [1.165, 1.54) is 156 Å². The Hall–Kier alpha value is -2.41. The molecule has 0 saturated carbocycles. The van der Waals surface area contributed by atoms with E-state index in [1.807, 2.05) is 0 Å². The summed E-state index contributed by atoms with van der Waals surface area (Å²) in [4.78, 5) is 67.7. The van der Waals surface area contributed by atoms with Crippen molar-refractivity contribution in [2.45, 2.75) is 246 Å². The van der Waals surface area contributed by atoms with Crippen LogP contribution in [0.1, 0.15) is 221 Å². The summed E-state index contributed by atoms with van der Waals surface area (Å²) in [7, 11) is 0. The van der Waals surface area contributed by atoms with Crippen molar-refractivity contribution in [3.63, 3.8) is 0 Å². The zero-order valence-corrected chi connectivity index (χ0v) is 38.1. The van der Waals surface area contributed by atoms with Gasteiger partial charge in [-0.25, -0.2) is 9.59 Å². The summed E-state index contributed by atoms with van der Waals surface area (Å²) in [6.45, 7) is 9.59. The molecule has 4 unspecified atom stereocenters. The number of carboxylic acid groups (broad SMARTS) is 2. The largest absolute Gasteiger partial charge is 2.00 e. The first-order valence-electron chi connectivity index (χ1n) is 22.0. The normalized spacial score (nSPS) is 12.7. The molecular weight excluding hydrogens is 745 g/mol. The fourth-order valence-electron chi connectivity index (χ4n) is 5.82. The maximum atomic E-state index is 11.7. The van der Waals surface area contributed by atoms with Gasteiger partial charge in [0.25, 0.3) is 0 Å². The number of carbonyl (C=O) groups is 6. The van der Waals surface area contributed by atoms with Crippen LogP contribution in [0.4, 0.5) is 0 Å². The molecule has 0 fully saturated rings. The topological polar surface area (TPSA) is 185 Å². The summed E-state index contributed by atoms with van der Waals surface area (Å²) < 4.78 is 19.2. The van der Waals surface area contributed by atoms with E-state index < -0.39 is 60.2 Å². The molecule has 13 heteroatoms. The number of ether oxygens (including phenoxy) is 4. The van der Waals surface area contributed by atoms with E-state index in [9.17, 15) is 39.0 Å². The third-order valence-corrected chi connectivity index (χ3v) is 9.50. The van der Waals surface area contributed by atoms with Gasteiger partial charge in [-0.2, -0.15) is 0 Å². The van der Waals surface area contributed by atoms with Gasteiger partial charge in [-0.3, -0.25) is 9.59 Å². The number of carbonyl (C=O) groups excluding carboxylic acids is 6. The van der Waals surface area contributed by atoms with Crippen LogP contribution >= 0.6 is 0 Å². The molecule has 0 aliphatic rings. The number of hydrogen-bond donors (Lipinski definition) is 0. The Morgan fingerprint density at radius 3 is 0.772 bits per heavy atom. The first-order chi connectivity index (χ1) is 26.8. The third kappa shape index (κ3) is 40.2. The molecule has 0 amide bonds. The van der Waals surface area contributed by atoms with E-state index in [0.717, 1.165) is 38.5 Å². The van der Waals surface area contributed by atoms with Crippen LogP contribution in [-0.4, -0.2) is 83.3 Å². The van der Waals surface area contributed by atoms with Gasteiger partial charge < -0.3 is 38.7 Å². The summed E-state index contributed by atoms with van der Waals surface area (Å²) in [6, 6.07) is 0. The standard InChI is InChI=1S/2C22H40O6.Mg/c2*1-4-5-6-7-8-9-10-11-12-13-14-15-16-17-20(23)27-19(3)22(26)28-18(2)21(24)25;/h2*18-19H,4-17H2,1-3H3,(H,24,25);/q;;+2/p-2. The van der Waals surface area contributed by atoms with E-state index in [4.69, 9.17) is 9.47 Å². The van der Waals surface area contributed by atoms with Crippen molar-refractivity contribution in [2.24, 2.45) is 0 Å².